The summed E-state index contributed by atoms with van der Waals surface area (Å²) in [6, 6.07) is 12.4. The van der Waals surface area contributed by atoms with Gasteiger partial charge < -0.3 is 10.6 Å². The van der Waals surface area contributed by atoms with E-state index in [0.29, 0.717) is 18.8 Å². The zero-order chi connectivity index (χ0) is 19.2. The molecule has 0 saturated heterocycles. The van der Waals surface area contributed by atoms with E-state index in [4.69, 9.17) is 0 Å². The molecule has 5 nitrogen and oxygen atoms in total. The van der Waals surface area contributed by atoms with Crippen LogP contribution in [-0.2, 0) is 6.42 Å². The van der Waals surface area contributed by atoms with Gasteiger partial charge in [0.1, 0.15) is 17.3 Å². The standard InChI is InChI=1S/C21H21FN4O/c1-14-9-15(2)11-18(10-14)26-20-13-24-19(12-25-20)21(27)23-8-7-16-3-5-17(22)6-4-16/h3-6,9-13H,7-8H2,1-2H3,(H,23,27)(H,25,26). The Bertz CT molecular complexity index is 904. The highest BCUT2D eigenvalue weighted by Crippen LogP contribution is 2.17. The van der Waals surface area contributed by atoms with Gasteiger partial charge in [0.25, 0.3) is 5.91 Å². The first-order valence-corrected chi connectivity index (χ1v) is 8.69. The Morgan fingerprint density at radius 2 is 1.70 bits per heavy atom. The second kappa shape index (κ2) is 8.40. The fourth-order valence-electron chi connectivity index (χ4n) is 2.77. The van der Waals surface area contributed by atoms with Gasteiger partial charge in [-0.15, -0.1) is 0 Å². The van der Waals surface area contributed by atoms with Gasteiger partial charge in [0.15, 0.2) is 0 Å². The van der Waals surface area contributed by atoms with Crippen LogP contribution in [0.15, 0.2) is 54.9 Å². The summed E-state index contributed by atoms with van der Waals surface area (Å²) in [6.07, 6.45) is 3.59. The number of anilines is 2. The normalized spacial score (nSPS) is 10.5. The van der Waals surface area contributed by atoms with Crippen LogP contribution < -0.4 is 10.6 Å². The molecule has 0 fully saturated rings. The predicted octanol–water partition coefficient (Wildman–Crippen LogP) is 3.95. The van der Waals surface area contributed by atoms with Crippen LogP contribution in [0.1, 0.15) is 27.2 Å². The molecule has 0 bridgehead atoms. The highest BCUT2D eigenvalue weighted by molar-refractivity contribution is 5.92. The SMILES string of the molecule is Cc1cc(C)cc(Nc2cnc(C(=O)NCCc3ccc(F)cc3)cn2)c1. The summed E-state index contributed by atoms with van der Waals surface area (Å²) >= 11 is 0. The van der Waals surface area contributed by atoms with Gasteiger partial charge in [0.05, 0.1) is 12.4 Å². The molecule has 6 heteroatoms. The highest BCUT2D eigenvalue weighted by Gasteiger charge is 2.08. The monoisotopic (exact) mass is 364 g/mol. The summed E-state index contributed by atoms with van der Waals surface area (Å²) in [4.78, 5) is 20.6. The van der Waals surface area contributed by atoms with Gasteiger partial charge in [-0.2, -0.15) is 0 Å². The van der Waals surface area contributed by atoms with Crippen molar-refractivity contribution >= 4 is 17.4 Å². The van der Waals surface area contributed by atoms with Gasteiger partial charge >= 0.3 is 0 Å². The van der Waals surface area contributed by atoms with E-state index in [9.17, 15) is 9.18 Å². The highest BCUT2D eigenvalue weighted by atomic mass is 19.1. The minimum Gasteiger partial charge on any atom is -0.350 e. The predicted molar refractivity (Wildman–Crippen MR) is 104 cm³/mol. The molecular weight excluding hydrogens is 343 g/mol. The molecule has 0 spiro atoms. The Labute approximate surface area is 157 Å². The van der Waals surface area contributed by atoms with E-state index < -0.39 is 0 Å². The number of hydrogen-bond donors (Lipinski definition) is 2. The molecule has 0 aliphatic carbocycles. The van der Waals surface area contributed by atoms with Crippen LogP contribution in [0.5, 0.6) is 0 Å². The summed E-state index contributed by atoms with van der Waals surface area (Å²) in [5, 5.41) is 5.98. The number of halogens is 1. The Balaban J connectivity index is 1.54. The molecule has 2 N–H and O–H groups in total. The Hall–Kier alpha value is -3.28. The smallest absolute Gasteiger partial charge is 0.271 e. The summed E-state index contributed by atoms with van der Waals surface area (Å²) in [6.45, 7) is 4.50. The van der Waals surface area contributed by atoms with Crippen molar-refractivity contribution in [2.45, 2.75) is 20.3 Å². The molecule has 0 aliphatic heterocycles. The lowest BCUT2D eigenvalue weighted by Crippen LogP contribution is -2.26. The summed E-state index contributed by atoms with van der Waals surface area (Å²) in [5.74, 6) is 0.0120. The fraction of sp³-hybridized carbons (Fsp3) is 0.190. The van der Waals surface area contributed by atoms with Gasteiger partial charge in [-0.25, -0.2) is 14.4 Å². The number of hydrogen-bond acceptors (Lipinski definition) is 4. The van der Waals surface area contributed by atoms with Crippen LogP contribution in [0.3, 0.4) is 0 Å². The summed E-state index contributed by atoms with van der Waals surface area (Å²) in [7, 11) is 0. The minimum atomic E-state index is -0.289. The summed E-state index contributed by atoms with van der Waals surface area (Å²) < 4.78 is 12.9. The maximum Gasteiger partial charge on any atom is 0.271 e. The number of nitrogens with one attached hydrogen (secondary N) is 2. The third-order valence-corrected chi connectivity index (χ3v) is 3.99. The molecule has 0 atom stereocenters. The van der Waals surface area contributed by atoms with E-state index in [1.165, 1.54) is 24.5 Å². The van der Waals surface area contributed by atoms with E-state index in [0.717, 1.165) is 22.4 Å². The molecule has 3 aromatic rings. The topological polar surface area (TPSA) is 66.9 Å². The van der Waals surface area contributed by atoms with Crippen LogP contribution in [-0.4, -0.2) is 22.4 Å². The first-order valence-electron chi connectivity index (χ1n) is 8.69. The maximum absolute atomic E-state index is 12.9. The number of aromatic nitrogens is 2. The average Bonchev–Trinajstić information content (AvgIpc) is 2.63. The molecule has 0 saturated carbocycles. The van der Waals surface area contributed by atoms with Crippen molar-refractivity contribution in [2.75, 3.05) is 11.9 Å². The number of carbonyl (C=O) groups is 1. The number of amides is 1. The van der Waals surface area contributed by atoms with Gasteiger partial charge in [0, 0.05) is 12.2 Å². The lowest BCUT2D eigenvalue weighted by atomic mass is 10.1. The van der Waals surface area contributed by atoms with Crippen molar-refractivity contribution in [2.24, 2.45) is 0 Å². The molecular formula is C21H21FN4O. The van der Waals surface area contributed by atoms with Crippen molar-refractivity contribution in [1.29, 1.82) is 0 Å². The lowest BCUT2D eigenvalue weighted by Gasteiger charge is -2.08. The number of carbonyl (C=O) groups excluding carboxylic acids is 1. The number of benzene rings is 2. The van der Waals surface area contributed by atoms with E-state index in [-0.39, 0.29) is 17.4 Å². The maximum atomic E-state index is 12.9. The first kappa shape index (κ1) is 18.5. The molecule has 1 heterocycles. The quantitative estimate of drug-likeness (QED) is 0.695. The summed E-state index contributed by atoms with van der Waals surface area (Å²) in [5.41, 5.74) is 4.44. The van der Waals surface area contributed by atoms with Crippen LogP contribution in [0, 0.1) is 19.7 Å². The zero-order valence-corrected chi connectivity index (χ0v) is 15.3. The van der Waals surface area contributed by atoms with E-state index >= 15 is 0 Å². The molecule has 0 aliphatic rings. The molecule has 3 rings (SSSR count). The van der Waals surface area contributed by atoms with Gasteiger partial charge in [-0.05, 0) is 61.2 Å². The van der Waals surface area contributed by atoms with Crippen molar-refractivity contribution < 1.29 is 9.18 Å². The van der Waals surface area contributed by atoms with Crippen LogP contribution in [0.25, 0.3) is 0 Å². The minimum absolute atomic E-state index is 0.250. The molecule has 0 radical (unpaired) electrons. The Kier molecular flexibility index (Phi) is 5.76. The molecule has 0 unspecified atom stereocenters. The zero-order valence-electron chi connectivity index (χ0n) is 15.3. The van der Waals surface area contributed by atoms with Crippen LogP contribution in [0.4, 0.5) is 15.9 Å². The number of aryl methyl sites for hydroxylation is 2. The number of nitrogens with zero attached hydrogens (tertiary/aromatic N) is 2. The Morgan fingerprint density at radius 3 is 2.33 bits per heavy atom. The van der Waals surface area contributed by atoms with E-state index in [1.54, 1.807) is 12.1 Å². The average molecular weight is 364 g/mol. The van der Waals surface area contributed by atoms with Crippen molar-refractivity contribution in [3.63, 3.8) is 0 Å². The van der Waals surface area contributed by atoms with Crippen molar-refractivity contribution in [1.82, 2.24) is 15.3 Å². The van der Waals surface area contributed by atoms with Crippen molar-refractivity contribution in [3.05, 3.63) is 83.1 Å². The molecule has 138 valence electrons. The molecule has 27 heavy (non-hydrogen) atoms. The van der Waals surface area contributed by atoms with Gasteiger partial charge in [-0.1, -0.05) is 18.2 Å². The molecule has 2 aromatic carbocycles. The fourth-order valence-corrected chi connectivity index (χ4v) is 2.77. The van der Waals surface area contributed by atoms with Crippen LogP contribution >= 0.6 is 0 Å². The van der Waals surface area contributed by atoms with Gasteiger partial charge in [0.2, 0.25) is 0 Å². The lowest BCUT2D eigenvalue weighted by molar-refractivity contribution is 0.0949. The van der Waals surface area contributed by atoms with E-state index in [2.05, 4.69) is 26.7 Å². The van der Waals surface area contributed by atoms with Crippen LogP contribution in [0.2, 0.25) is 0 Å². The third kappa shape index (κ3) is 5.34. The van der Waals surface area contributed by atoms with E-state index in [1.807, 2.05) is 26.0 Å². The third-order valence-electron chi connectivity index (χ3n) is 3.99. The molecule has 1 aromatic heterocycles. The van der Waals surface area contributed by atoms with Crippen molar-refractivity contribution in [3.8, 4) is 0 Å². The first-order chi connectivity index (χ1) is 13.0. The second-order valence-corrected chi connectivity index (χ2v) is 6.42. The van der Waals surface area contributed by atoms with Gasteiger partial charge in [-0.3, -0.25) is 4.79 Å². The second-order valence-electron chi connectivity index (χ2n) is 6.42. The number of rotatable bonds is 6. The molecule has 1 amide bonds. The Morgan fingerprint density at radius 1 is 1.00 bits per heavy atom. The largest absolute Gasteiger partial charge is 0.350 e.